The number of hydrogen-bond acceptors (Lipinski definition) is 7. The summed E-state index contributed by atoms with van der Waals surface area (Å²) in [7, 11) is 0. The number of allylic oxidation sites excluding steroid dienone is 3. The maximum atomic E-state index is 14.1. The topological polar surface area (TPSA) is 113 Å². The zero-order valence-electron chi connectivity index (χ0n) is 25.2. The molecule has 1 unspecified atom stereocenters. The van der Waals surface area contributed by atoms with Crippen LogP contribution in [0.25, 0.3) is 0 Å². The largest absolute Gasteiger partial charge is 0.384 e. The van der Waals surface area contributed by atoms with Gasteiger partial charge in [-0.25, -0.2) is 0 Å². The summed E-state index contributed by atoms with van der Waals surface area (Å²) < 4.78 is 0. The highest BCUT2D eigenvalue weighted by atomic mass is 32.2. The van der Waals surface area contributed by atoms with Gasteiger partial charge in [0.2, 0.25) is 0 Å². The minimum Gasteiger partial charge on any atom is -0.384 e. The van der Waals surface area contributed by atoms with Crippen LogP contribution in [-0.2, 0) is 16.3 Å². The molecule has 0 saturated carbocycles. The van der Waals surface area contributed by atoms with Crippen LogP contribution in [0.2, 0.25) is 0 Å². The van der Waals surface area contributed by atoms with E-state index < -0.39 is 10.8 Å². The lowest BCUT2D eigenvalue weighted by atomic mass is 9.68. The minimum atomic E-state index is -0.614. The van der Waals surface area contributed by atoms with Gasteiger partial charge in [-0.15, -0.1) is 0 Å². The van der Waals surface area contributed by atoms with E-state index in [4.69, 9.17) is 5.73 Å². The Labute approximate surface area is 257 Å². The van der Waals surface area contributed by atoms with Gasteiger partial charge in [-0.05, 0) is 66.0 Å². The number of carbonyl (C=O) groups is 1. The molecule has 43 heavy (non-hydrogen) atoms. The Kier molecular flexibility index (Phi) is 8.22. The molecular weight excluding hydrogens is 556 g/mol. The molecule has 1 atom stereocenters. The number of nitrogens with two attached hydrogens (primary N) is 1. The second-order valence-corrected chi connectivity index (χ2v) is 13.3. The smallest absolute Gasteiger partial charge is 0.271 e. The molecule has 5 rings (SSSR count). The molecule has 0 radical (unpaired) electrons. The molecule has 1 aliphatic carbocycles. The molecule has 1 heterocycles. The predicted octanol–water partition coefficient (Wildman–Crippen LogP) is 7.89. The van der Waals surface area contributed by atoms with Crippen molar-refractivity contribution < 1.29 is 9.72 Å². The summed E-state index contributed by atoms with van der Waals surface area (Å²) in [6.07, 6.45) is 0.879. The van der Waals surface area contributed by atoms with Crippen molar-refractivity contribution in [2.75, 3.05) is 4.90 Å². The highest BCUT2D eigenvalue weighted by Crippen LogP contribution is 2.51. The summed E-state index contributed by atoms with van der Waals surface area (Å²) in [6, 6.07) is 21.6. The fourth-order valence-corrected chi connectivity index (χ4v) is 7.34. The lowest BCUT2D eigenvalue weighted by Gasteiger charge is -2.44. The number of ketones is 1. The van der Waals surface area contributed by atoms with Crippen LogP contribution in [0.1, 0.15) is 66.0 Å². The molecule has 0 spiro atoms. The van der Waals surface area contributed by atoms with Gasteiger partial charge in [-0.3, -0.25) is 19.8 Å². The third-order valence-electron chi connectivity index (χ3n) is 8.43. The van der Waals surface area contributed by atoms with Gasteiger partial charge in [0, 0.05) is 41.3 Å². The molecule has 2 aliphatic rings. The molecule has 3 aromatic rings. The van der Waals surface area contributed by atoms with Crippen molar-refractivity contribution in [1.82, 2.24) is 0 Å². The van der Waals surface area contributed by atoms with Crippen LogP contribution >= 0.6 is 11.8 Å². The number of nitrogens with zero attached hydrogens (tertiary/aromatic N) is 3. The first-order valence-electron chi connectivity index (χ1n) is 14.3. The summed E-state index contributed by atoms with van der Waals surface area (Å²) in [4.78, 5) is 27.0. The van der Waals surface area contributed by atoms with Crippen LogP contribution in [0.5, 0.6) is 0 Å². The molecule has 0 fully saturated rings. The van der Waals surface area contributed by atoms with Crippen molar-refractivity contribution in [2.24, 2.45) is 11.1 Å². The van der Waals surface area contributed by atoms with Crippen LogP contribution in [0.15, 0.2) is 83.3 Å². The van der Waals surface area contributed by atoms with Gasteiger partial charge in [0.25, 0.3) is 5.69 Å². The first kappa shape index (κ1) is 30.1. The van der Waals surface area contributed by atoms with Gasteiger partial charge < -0.3 is 5.73 Å². The molecule has 0 saturated heterocycles. The second kappa shape index (κ2) is 11.7. The standard InChI is InChI=1S/C35H36N4O3S/c1-21-11-12-26(39(41)42)15-29(21)38-30-16-35(4,5)17-31(40)33(30)32(28(18-36)34(38)37)27-14-25(22(2)13-23(27)3)20-43-19-24-9-7-6-8-10-24/h6-15,32H,16-17,19-20,37H2,1-5H3. The summed E-state index contributed by atoms with van der Waals surface area (Å²) in [5.74, 6) is 1.24. The Hall–Kier alpha value is -4.35. The van der Waals surface area contributed by atoms with E-state index in [1.54, 1.807) is 11.0 Å². The number of carbonyl (C=O) groups excluding carboxylic acids is 1. The number of aryl methyl sites for hydroxylation is 3. The highest BCUT2D eigenvalue weighted by Gasteiger charge is 2.45. The number of thioether (sulfide) groups is 1. The molecule has 7 nitrogen and oxygen atoms in total. The molecular formula is C35H36N4O3S. The zero-order chi connectivity index (χ0) is 31.1. The van der Waals surface area contributed by atoms with Gasteiger partial charge in [-0.1, -0.05) is 62.4 Å². The van der Waals surface area contributed by atoms with Gasteiger partial charge in [0.15, 0.2) is 5.78 Å². The summed E-state index contributed by atoms with van der Waals surface area (Å²) in [5, 5.41) is 22.3. The molecule has 0 aromatic heterocycles. The van der Waals surface area contributed by atoms with E-state index in [2.05, 4.69) is 37.3 Å². The van der Waals surface area contributed by atoms with Crippen LogP contribution in [0, 0.1) is 47.6 Å². The lowest BCUT2D eigenvalue weighted by molar-refractivity contribution is -0.384. The Bertz CT molecular complexity index is 1730. The molecule has 0 bridgehead atoms. The number of Topliss-reactive ketones (excluding diaryl/α,β-unsaturated/α-hetero) is 1. The quantitative estimate of drug-likeness (QED) is 0.219. The van der Waals surface area contributed by atoms with Gasteiger partial charge >= 0.3 is 0 Å². The predicted molar refractivity (Wildman–Crippen MR) is 172 cm³/mol. The fourth-order valence-electron chi connectivity index (χ4n) is 6.28. The highest BCUT2D eigenvalue weighted by molar-refractivity contribution is 7.97. The summed E-state index contributed by atoms with van der Waals surface area (Å²) in [5.41, 5.74) is 14.7. The van der Waals surface area contributed by atoms with Crippen molar-refractivity contribution in [1.29, 1.82) is 5.26 Å². The average Bonchev–Trinajstić information content (AvgIpc) is 2.94. The fraction of sp³-hybridized carbons (Fsp3) is 0.314. The maximum absolute atomic E-state index is 14.1. The number of anilines is 1. The van der Waals surface area contributed by atoms with E-state index in [-0.39, 0.29) is 28.3 Å². The third kappa shape index (κ3) is 5.82. The first-order chi connectivity index (χ1) is 20.4. The van der Waals surface area contributed by atoms with Gasteiger partial charge in [-0.2, -0.15) is 17.0 Å². The van der Waals surface area contributed by atoms with Gasteiger partial charge in [0.1, 0.15) is 5.82 Å². The molecule has 3 aromatic carbocycles. The number of nitriles is 1. The van der Waals surface area contributed by atoms with E-state index in [9.17, 15) is 20.2 Å². The van der Waals surface area contributed by atoms with Crippen LogP contribution in [-0.4, -0.2) is 10.7 Å². The summed E-state index contributed by atoms with van der Waals surface area (Å²) >= 11 is 1.82. The lowest BCUT2D eigenvalue weighted by Crippen LogP contribution is -2.42. The molecule has 220 valence electrons. The minimum absolute atomic E-state index is 0.0236. The van der Waals surface area contributed by atoms with E-state index in [1.165, 1.54) is 17.7 Å². The summed E-state index contributed by atoms with van der Waals surface area (Å²) in [6.45, 7) is 10.0. The first-order valence-corrected chi connectivity index (χ1v) is 15.5. The van der Waals surface area contributed by atoms with E-state index in [1.807, 2.05) is 57.7 Å². The van der Waals surface area contributed by atoms with Crippen LogP contribution in [0.3, 0.4) is 0 Å². The molecule has 2 N–H and O–H groups in total. The zero-order valence-corrected chi connectivity index (χ0v) is 26.0. The Balaban J connectivity index is 1.66. The number of nitro groups is 1. The molecule has 1 aliphatic heterocycles. The van der Waals surface area contributed by atoms with Crippen LogP contribution < -0.4 is 10.6 Å². The van der Waals surface area contributed by atoms with Gasteiger partial charge in [0.05, 0.1) is 28.2 Å². The third-order valence-corrected chi connectivity index (χ3v) is 9.48. The second-order valence-electron chi connectivity index (χ2n) is 12.3. The van der Waals surface area contributed by atoms with E-state index in [0.29, 0.717) is 29.8 Å². The van der Waals surface area contributed by atoms with Crippen molar-refractivity contribution in [3.05, 3.63) is 127 Å². The Morgan fingerprint density at radius 3 is 2.42 bits per heavy atom. The number of non-ortho nitro benzene ring substituents is 1. The molecule has 8 heteroatoms. The van der Waals surface area contributed by atoms with Crippen molar-refractivity contribution in [3.8, 4) is 6.07 Å². The SMILES string of the molecule is Cc1cc(C)c(C2C(C#N)=C(N)N(c3cc([N+](=O)[O-])ccc3C)C3=C2C(=O)CC(C)(C)C3)cc1CSCc1ccccc1. The monoisotopic (exact) mass is 592 g/mol. The Morgan fingerprint density at radius 1 is 1.02 bits per heavy atom. The van der Waals surface area contributed by atoms with E-state index >= 15 is 0 Å². The maximum Gasteiger partial charge on any atom is 0.271 e. The van der Waals surface area contributed by atoms with E-state index in [0.717, 1.165) is 39.3 Å². The average molecular weight is 593 g/mol. The normalized spacial score (nSPS) is 18.0. The Morgan fingerprint density at radius 2 is 1.74 bits per heavy atom. The number of rotatable bonds is 7. The number of hydrogen-bond donors (Lipinski definition) is 1. The molecule has 0 amide bonds. The number of nitro benzene ring substituents is 1. The van der Waals surface area contributed by atoms with Crippen molar-refractivity contribution >= 4 is 28.9 Å². The van der Waals surface area contributed by atoms with Crippen LogP contribution in [0.4, 0.5) is 11.4 Å². The number of benzene rings is 3. The van der Waals surface area contributed by atoms with Crippen molar-refractivity contribution in [3.63, 3.8) is 0 Å². The van der Waals surface area contributed by atoms with Crippen molar-refractivity contribution in [2.45, 2.75) is 64.9 Å².